The molecule has 0 amide bonds. The molecular formula is C31H42OS4. The quantitative estimate of drug-likeness (QED) is 0.128. The number of rotatable bonds is 17. The van der Waals surface area contributed by atoms with Gasteiger partial charge in [-0.05, 0) is 56.0 Å². The molecule has 1 nitrogen and oxygen atoms in total. The van der Waals surface area contributed by atoms with Gasteiger partial charge < -0.3 is 5.11 Å². The van der Waals surface area contributed by atoms with Crippen molar-refractivity contribution in [3.63, 3.8) is 0 Å². The van der Waals surface area contributed by atoms with Crippen molar-refractivity contribution >= 4 is 54.7 Å². The number of unbranched alkanes of at least 4 members (excludes halogenated alkanes) is 10. The van der Waals surface area contributed by atoms with Crippen molar-refractivity contribution in [3.8, 4) is 19.5 Å². The Morgan fingerprint density at radius 2 is 1.14 bits per heavy atom. The zero-order valence-corrected chi connectivity index (χ0v) is 25.3. The molecule has 5 heteroatoms. The van der Waals surface area contributed by atoms with Gasteiger partial charge in [-0.2, -0.15) is 0 Å². The molecule has 0 unspecified atom stereocenters. The van der Waals surface area contributed by atoms with Gasteiger partial charge >= 0.3 is 0 Å². The lowest BCUT2D eigenvalue weighted by molar-refractivity contribution is 0.284. The van der Waals surface area contributed by atoms with Crippen LogP contribution in [-0.2, 0) is 19.4 Å². The lowest BCUT2D eigenvalue weighted by Crippen LogP contribution is -1.82. The molecule has 4 rings (SSSR count). The zero-order chi connectivity index (χ0) is 25.2. The van der Waals surface area contributed by atoms with E-state index < -0.39 is 0 Å². The van der Waals surface area contributed by atoms with Gasteiger partial charge in [0.1, 0.15) is 0 Å². The van der Waals surface area contributed by atoms with Crippen LogP contribution >= 0.6 is 45.3 Å². The Morgan fingerprint density at radius 1 is 0.583 bits per heavy atom. The van der Waals surface area contributed by atoms with Gasteiger partial charge in [0.2, 0.25) is 0 Å². The van der Waals surface area contributed by atoms with Crippen molar-refractivity contribution in [1.29, 1.82) is 0 Å². The molecule has 0 aliphatic carbocycles. The first kappa shape index (κ1) is 28.0. The SMILES string of the molecule is CCCCCCCCc1ccc(-c2cc3sc(-c4ccc(CCCCCCCC)s4)c(CO)c3s2)s1. The Morgan fingerprint density at radius 3 is 1.75 bits per heavy atom. The minimum absolute atomic E-state index is 0.119. The second kappa shape index (κ2) is 14.8. The Labute approximate surface area is 234 Å². The van der Waals surface area contributed by atoms with E-state index in [1.54, 1.807) is 0 Å². The van der Waals surface area contributed by atoms with Crippen LogP contribution in [0.1, 0.15) is 106 Å². The first-order valence-electron chi connectivity index (χ1n) is 14.1. The van der Waals surface area contributed by atoms with Gasteiger partial charge in [0.25, 0.3) is 0 Å². The lowest BCUT2D eigenvalue weighted by Gasteiger charge is -2.00. The third-order valence-corrected chi connectivity index (χ3v) is 12.1. The van der Waals surface area contributed by atoms with Crippen LogP contribution in [0.5, 0.6) is 0 Å². The summed E-state index contributed by atoms with van der Waals surface area (Å²) in [6.45, 7) is 4.68. The average Bonchev–Trinajstić information content (AvgIpc) is 3.66. The van der Waals surface area contributed by atoms with Gasteiger partial charge in [0, 0.05) is 34.6 Å². The molecule has 0 radical (unpaired) electrons. The maximum atomic E-state index is 10.3. The summed E-state index contributed by atoms with van der Waals surface area (Å²) < 4.78 is 2.61. The highest BCUT2D eigenvalue weighted by Gasteiger charge is 2.19. The van der Waals surface area contributed by atoms with Crippen molar-refractivity contribution in [1.82, 2.24) is 0 Å². The van der Waals surface area contributed by atoms with Crippen LogP contribution in [0.2, 0.25) is 0 Å². The maximum Gasteiger partial charge on any atom is 0.0710 e. The van der Waals surface area contributed by atoms with Crippen molar-refractivity contribution in [3.05, 3.63) is 45.6 Å². The van der Waals surface area contributed by atoms with E-state index in [-0.39, 0.29) is 6.61 Å². The van der Waals surface area contributed by atoms with Crippen LogP contribution in [0.3, 0.4) is 0 Å². The number of hydrogen-bond acceptors (Lipinski definition) is 5. The molecule has 0 fully saturated rings. The molecule has 0 spiro atoms. The molecule has 4 aromatic rings. The maximum absolute atomic E-state index is 10.3. The van der Waals surface area contributed by atoms with E-state index >= 15 is 0 Å². The van der Waals surface area contributed by atoms with Crippen LogP contribution < -0.4 is 0 Å². The summed E-state index contributed by atoms with van der Waals surface area (Å²) >= 11 is 7.61. The molecule has 0 saturated carbocycles. The number of hydrogen-bond donors (Lipinski definition) is 1. The number of aliphatic hydroxyl groups excluding tert-OH is 1. The molecule has 0 bridgehead atoms. The monoisotopic (exact) mass is 558 g/mol. The predicted molar refractivity (Wildman–Crippen MR) is 166 cm³/mol. The molecule has 0 aliphatic rings. The van der Waals surface area contributed by atoms with E-state index in [0.29, 0.717) is 0 Å². The van der Waals surface area contributed by atoms with Gasteiger partial charge in [0.05, 0.1) is 16.2 Å². The molecule has 4 heterocycles. The van der Waals surface area contributed by atoms with Gasteiger partial charge in [-0.1, -0.05) is 78.1 Å². The smallest absolute Gasteiger partial charge is 0.0710 e. The van der Waals surface area contributed by atoms with Gasteiger partial charge in [-0.25, -0.2) is 0 Å². The van der Waals surface area contributed by atoms with E-state index in [2.05, 4.69) is 44.2 Å². The van der Waals surface area contributed by atoms with Gasteiger partial charge in [-0.3, -0.25) is 0 Å². The lowest BCUT2D eigenvalue weighted by atomic mass is 10.1. The number of aryl methyl sites for hydroxylation is 2. The highest BCUT2D eigenvalue weighted by atomic mass is 32.1. The third kappa shape index (κ3) is 7.54. The Balaban J connectivity index is 1.37. The zero-order valence-electron chi connectivity index (χ0n) is 22.1. The first-order chi connectivity index (χ1) is 17.7. The Kier molecular flexibility index (Phi) is 11.5. The molecule has 0 aromatic carbocycles. The molecule has 0 atom stereocenters. The number of aliphatic hydroxyl groups is 1. The Hall–Kier alpha value is -0.980. The van der Waals surface area contributed by atoms with E-state index in [9.17, 15) is 5.11 Å². The summed E-state index contributed by atoms with van der Waals surface area (Å²) in [5, 5.41) is 10.3. The number of thiophene rings is 4. The molecule has 1 N–H and O–H groups in total. The van der Waals surface area contributed by atoms with Crippen LogP contribution in [0.4, 0.5) is 0 Å². The van der Waals surface area contributed by atoms with Crippen molar-refractivity contribution in [2.75, 3.05) is 0 Å². The predicted octanol–water partition coefficient (Wildman–Crippen LogP) is 11.7. The molecule has 196 valence electrons. The van der Waals surface area contributed by atoms with Crippen molar-refractivity contribution < 1.29 is 5.11 Å². The fourth-order valence-corrected chi connectivity index (χ4v) is 9.79. The van der Waals surface area contributed by atoms with Crippen LogP contribution in [0.15, 0.2) is 30.3 Å². The molecular weight excluding hydrogens is 517 g/mol. The topological polar surface area (TPSA) is 20.2 Å². The van der Waals surface area contributed by atoms with Crippen molar-refractivity contribution in [2.24, 2.45) is 0 Å². The summed E-state index contributed by atoms with van der Waals surface area (Å²) in [6.07, 6.45) is 18.6. The minimum Gasteiger partial charge on any atom is -0.392 e. The normalized spacial score (nSPS) is 11.8. The number of fused-ring (bicyclic) bond motifs is 1. The standard InChI is InChI=1S/C31H42OS4/c1-3-5-7-9-11-13-15-23-17-19-26(33-23)28-21-29-31(35-28)25(22-32)30(36-29)27-20-18-24(34-27)16-14-12-10-8-6-4-2/h17-21,32H,3-16,22H2,1-2H3. The molecule has 36 heavy (non-hydrogen) atoms. The van der Waals surface area contributed by atoms with E-state index in [4.69, 9.17) is 0 Å². The summed E-state index contributed by atoms with van der Waals surface area (Å²) in [4.78, 5) is 8.33. The fraction of sp³-hybridized carbons (Fsp3) is 0.548. The van der Waals surface area contributed by atoms with Crippen LogP contribution in [0.25, 0.3) is 28.9 Å². The van der Waals surface area contributed by atoms with E-state index in [1.807, 2.05) is 45.3 Å². The molecule has 0 aliphatic heterocycles. The van der Waals surface area contributed by atoms with E-state index in [0.717, 1.165) is 5.56 Å². The van der Waals surface area contributed by atoms with Gasteiger partial charge in [0.15, 0.2) is 0 Å². The van der Waals surface area contributed by atoms with Crippen molar-refractivity contribution in [2.45, 2.75) is 110 Å². The third-order valence-electron chi connectivity index (χ3n) is 6.96. The largest absolute Gasteiger partial charge is 0.392 e. The Bertz CT molecular complexity index is 1170. The summed E-state index contributed by atoms with van der Waals surface area (Å²) in [5.41, 5.74) is 1.13. The average molecular weight is 559 g/mol. The molecule has 0 saturated heterocycles. The summed E-state index contributed by atoms with van der Waals surface area (Å²) in [7, 11) is 0. The highest BCUT2D eigenvalue weighted by Crippen LogP contribution is 2.48. The second-order valence-electron chi connectivity index (χ2n) is 9.94. The summed E-state index contributed by atoms with van der Waals surface area (Å²) in [5.74, 6) is 0. The van der Waals surface area contributed by atoms with Crippen LogP contribution in [-0.4, -0.2) is 5.11 Å². The van der Waals surface area contributed by atoms with Crippen LogP contribution in [0, 0.1) is 0 Å². The first-order valence-corrected chi connectivity index (χ1v) is 17.3. The fourth-order valence-electron chi connectivity index (χ4n) is 4.84. The van der Waals surface area contributed by atoms with Gasteiger partial charge in [-0.15, -0.1) is 45.3 Å². The molecule has 4 aromatic heterocycles. The summed E-state index contributed by atoms with van der Waals surface area (Å²) in [6, 6.07) is 11.6. The van der Waals surface area contributed by atoms with E-state index in [1.165, 1.54) is 129 Å². The minimum atomic E-state index is 0.119. The highest BCUT2D eigenvalue weighted by molar-refractivity contribution is 7.33. The second-order valence-corrected chi connectivity index (χ2v) is 14.4.